The summed E-state index contributed by atoms with van der Waals surface area (Å²) in [6.07, 6.45) is 3.34. The smallest absolute Gasteiger partial charge is 0.253 e. The Hall–Kier alpha value is -1.51. The molecule has 0 heterocycles. The van der Waals surface area contributed by atoms with Gasteiger partial charge in [-0.05, 0) is 37.1 Å². The van der Waals surface area contributed by atoms with Crippen LogP contribution in [-0.4, -0.2) is 29.5 Å². The number of aromatic hydroxyl groups is 1. The van der Waals surface area contributed by atoms with Crippen LogP contribution in [0.15, 0.2) is 18.2 Å². The summed E-state index contributed by atoms with van der Waals surface area (Å²) in [6.45, 7) is 4.77. The van der Waals surface area contributed by atoms with Crippen molar-refractivity contribution < 1.29 is 9.90 Å². The van der Waals surface area contributed by atoms with Crippen molar-refractivity contribution in [2.24, 2.45) is 0 Å². The van der Waals surface area contributed by atoms with Crippen LogP contribution in [0.3, 0.4) is 0 Å². The lowest BCUT2D eigenvalue weighted by Gasteiger charge is -2.18. The molecule has 1 rings (SSSR count). The molecule has 0 aliphatic carbocycles. The first-order chi connectivity index (χ1) is 8.06. The van der Waals surface area contributed by atoms with Gasteiger partial charge < -0.3 is 10.0 Å². The van der Waals surface area contributed by atoms with Crippen LogP contribution in [0.25, 0.3) is 0 Å². The molecule has 3 heteroatoms. The number of carbonyl (C=O) groups excluding carboxylic acids is 1. The minimum atomic E-state index is 0.0265. The maximum Gasteiger partial charge on any atom is 0.253 e. The number of rotatable bonds is 5. The number of hydrogen-bond acceptors (Lipinski definition) is 2. The highest BCUT2D eigenvalue weighted by atomic mass is 16.3. The minimum absolute atomic E-state index is 0.0265. The fraction of sp³-hybridized carbons (Fsp3) is 0.500. The van der Waals surface area contributed by atoms with Crippen molar-refractivity contribution in [3.05, 3.63) is 29.3 Å². The molecule has 0 bridgehead atoms. The highest BCUT2D eigenvalue weighted by Crippen LogP contribution is 2.17. The Morgan fingerprint density at radius 3 is 2.65 bits per heavy atom. The number of aryl methyl sites for hydroxylation is 1. The van der Waals surface area contributed by atoms with Crippen LogP contribution in [0, 0.1) is 6.92 Å². The van der Waals surface area contributed by atoms with Gasteiger partial charge in [-0.15, -0.1) is 0 Å². The van der Waals surface area contributed by atoms with E-state index in [4.69, 9.17) is 0 Å². The lowest BCUT2D eigenvalue weighted by atomic mass is 10.1. The van der Waals surface area contributed by atoms with E-state index in [9.17, 15) is 9.90 Å². The van der Waals surface area contributed by atoms with E-state index in [1.54, 1.807) is 23.1 Å². The van der Waals surface area contributed by atoms with Gasteiger partial charge in [0.15, 0.2) is 0 Å². The third-order valence-electron chi connectivity index (χ3n) is 2.88. The van der Waals surface area contributed by atoms with Gasteiger partial charge >= 0.3 is 0 Å². The van der Waals surface area contributed by atoms with Crippen LogP contribution in [0.5, 0.6) is 5.75 Å². The lowest BCUT2D eigenvalue weighted by molar-refractivity contribution is 0.0792. The van der Waals surface area contributed by atoms with Gasteiger partial charge in [0, 0.05) is 19.2 Å². The van der Waals surface area contributed by atoms with Gasteiger partial charge in [-0.25, -0.2) is 0 Å². The number of nitrogens with zero attached hydrogens (tertiary/aromatic N) is 1. The van der Waals surface area contributed by atoms with Crippen molar-refractivity contribution in [3.63, 3.8) is 0 Å². The summed E-state index contributed by atoms with van der Waals surface area (Å²) in [6, 6.07) is 4.86. The average Bonchev–Trinajstić information content (AvgIpc) is 2.28. The summed E-state index contributed by atoms with van der Waals surface area (Å²) in [5.74, 6) is 0.228. The van der Waals surface area contributed by atoms with Gasteiger partial charge in [-0.2, -0.15) is 0 Å². The molecule has 94 valence electrons. The lowest BCUT2D eigenvalue weighted by Crippen LogP contribution is -2.28. The molecule has 0 atom stereocenters. The van der Waals surface area contributed by atoms with E-state index in [0.717, 1.165) is 31.4 Å². The van der Waals surface area contributed by atoms with Gasteiger partial charge in [0.25, 0.3) is 5.91 Å². The van der Waals surface area contributed by atoms with Gasteiger partial charge in [0.05, 0.1) is 0 Å². The molecule has 0 aliphatic rings. The number of carbonyl (C=O) groups is 1. The molecule has 0 saturated heterocycles. The summed E-state index contributed by atoms with van der Waals surface area (Å²) in [5.41, 5.74) is 1.49. The van der Waals surface area contributed by atoms with Crippen molar-refractivity contribution in [1.29, 1.82) is 0 Å². The predicted molar refractivity (Wildman–Crippen MR) is 69.3 cm³/mol. The van der Waals surface area contributed by atoms with Crippen molar-refractivity contribution in [1.82, 2.24) is 4.90 Å². The summed E-state index contributed by atoms with van der Waals surface area (Å²) >= 11 is 0. The van der Waals surface area contributed by atoms with E-state index in [2.05, 4.69) is 6.92 Å². The topological polar surface area (TPSA) is 40.5 Å². The molecule has 0 saturated carbocycles. The largest absolute Gasteiger partial charge is 0.508 e. The molecule has 1 aromatic carbocycles. The summed E-state index contributed by atoms with van der Waals surface area (Å²) in [5, 5.41) is 9.31. The first-order valence-corrected chi connectivity index (χ1v) is 6.11. The van der Waals surface area contributed by atoms with Crippen LogP contribution < -0.4 is 0 Å². The highest BCUT2D eigenvalue weighted by Gasteiger charge is 2.13. The molecule has 1 N–H and O–H groups in total. The van der Waals surface area contributed by atoms with Crippen molar-refractivity contribution in [3.8, 4) is 5.75 Å². The quantitative estimate of drug-likeness (QED) is 0.797. The molecule has 1 amide bonds. The number of amides is 1. The van der Waals surface area contributed by atoms with Gasteiger partial charge in [-0.1, -0.05) is 19.8 Å². The van der Waals surface area contributed by atoms with Crippen LogP contribution in [0.2, 0.25) is 0 Å². The highest BCUT2D eigenvalue weighted by molar-refractivity contribution is 5.95. The second kappa shape index (κ2) is 6.28. The van der Waals surface area contributed by atoms with Crippen molar-refractivity contribution in [2.75, 3.05) is 13.6 Å². The Bertz CT molecular complexity index is 388. The number of unbranched alkanes of at least 4 members (excludes halogenated alkanes) is 2. The van der Waals surface area contributed by atoms with E-state index in [-0.39, 0.29) is 11.7 Å². The summed E-state index contributed by atoms with van der Waals surface area (Å²) in [7, 11) is 1.82. The first kappa shape index (κ1) is 13.6. The minimum Gasteiger partial charge on any atom is -0.508 e. The molecule has 0 unspecified atom stereocenters. The van der Waals surface area contributed by atoms with Crippen LogP contribution in [0.4, 0.5) is 0 Å². The second-order valence-electron chi connectivity index (χ2n) is 4.43. The monoisotopic (exact) mass is 235 g/mol. The van der Waals surface area contributed by atoms with Gasteiger partial charge in [-0.3, -0.25) is 4.79 Å². The molecule has 0 spiro atoms. The Kier molecular flexibility index (Phi) is 5.01. The Morgan fingerprint density at radius 2 is 2.06 bits per heavy atom. The zero-order valence-corrected chi connectivity index (χ0v) is 10.9. The molecule has 0 fully saturated rings. The Labute approximate surface area is 103 Å². The Balaban J connectivity index is 2.68. The molecule has 1 aromatic rings. The third kappa shape index (κ3) is 3.77. The average molecular weight is 235 g/mol. The number of phenolic OH excluding ortho intramolecular Hbond substituents is 1. The number of benzene rings is 1. The normalized spacial score (nSPS) is 10.3. The molecule has 0 radical (unpaired) electrons. The third-order valence-corrected chi connectivity index (χ3v) is 2.88. The van der Waals surface area contributed by atoms with Crippen molar-refractivity contribution in [2.45, 2.75) is 33.1 Å². The molecule has 0 aliphatic heterocycles. The number of hydrogen-bond donors (Lipinski definition) is 1. The van der Waals surface area contributed by atoms with Crippen LogP contribution >= 0.6 is 0 Å². The van der Waals surface area contributed by atoms with Crippen LogP contribution in [-0.2, 0) is 0 Å². The zero-order chi connectivity index (χ0) is 12.8. The second-order valence-corrected chi connectivity index (χ2v) is 4.43. The predicted octanol–water partition coefficient (Wildman–Crippen LogP) is 2.96. The Morgan fingerprint density at radius 1 is 1.35 bits per heavy atom. The standard InChI is InChI=1S/C14H21NO2/c1-4-5-6-9-15(3)14(17)13-8-7-12(16)10-11(13)2/h7-8,10,16H,4-6,9H2,1-3H3. The first-order valence-electron chi connectivity index (χ1n) is 6.11. The summed E-state index contributed by atoms with van der Waals surface area (Å²) < 4.78 is 0. The van der Waals surface area contributed by atoms with Gasteiger partial charge in [0.2, 0.25) is 0 Å². The van der Waals surface area contributed by atoms with E-state index in [1.165, 1.54) is 0 Å². The maximum atomic E-state index is 12.1. The molecule has 17 heavy (non-hydrogen) atoms. The SMILES string of the molecule is CCCCCN(C)C(=O)c1ccc(O)cc1C. The van der Waals surface area contributed by atoms with E-state index in [1.807, 2.05) is 14.0 Å². The van der Waals surface area contributed by atoms with E-state index < -0.39 is 0 Å². The number of phenols is 1. The molecular weight excluding hydrogens is 214 g/mol. The van der Waals surface area contributed by atoms with E-state index >= 15 is 0 Å². The fourth-order valence-corrected chi connectivity index (χ4v) is 1.79. The van der Waals surface area contributed by atoms with E-state index in [0.29, 0.717) is 5.56 Å². The molecule has 0 aromatic heterocycles. The van der Waals surface area contributed by atoms with Crippen LogP contribution in [0.1, 0.15) is 42.1 Å². The van der Waals surface area contributed by atoms with Gasteiger partial charge in [0.1, 0.15) is 5.75 Å². The maximum absolute atomic E-state index is 12.1. The summed E-state index contributed by atoms with van der Waals surface area (Å²) in [4.78, 5) is 13.9. The molecule has 3 nitrogen and oxygen atoms in total. The van der Waals surface area contributed by atoms with Crippen molar-refractivity contribution >= 4 is 5.91 Å². The molecular formula is C14H21NO2. The zero-order valence-electron chi connectivity index (χ0n) is 10.9. The fourth-order valence-electron chi connectivity index (χ4n) is 1.79.